The molecule has 0 amide bonds. The molecule has 8 aromatic rings. The molecule has 10 rings (SSSR count). The Kier molecular flexibility index (Phi) is 5.19. The average molecular weight is 602 g/mol. The topological polar surface area (TPSA) is 3.24 Å². The molecule has 0 unspecified atom stereocenters. The van der Waals surface area contributed by atoms with Gasteiger partial charge in [-0.2, -0.15) is 0 Å². The van der Waals surface area contributed by atoms with Gasteiger partial charge in [-0.1, -0.05) is 131 Å². The predicted molar refractivity (Wildman–Crippen MR) is 200 cm³/mol. The normalized spacial score (nSPS) is 15.1. The standard InChI is InChI=1S/C46H35N/c1-45(2)37-24-12-11-19-31(37)41-33-20-13-21-34-39(33)40-35(43(41)45)22-14-23-36(40)44-42(34)32-26-25-30(27-38(32)46(44,3)4)47(28-15-7-5-8-16-28)29-17-9-6-10-18-29/h5-27H,1-4H3. The molecule has 0 N–H and O–H groups in total. The van der Waals surface area contributed by atoms with Crippen molar-refractivity contribution in [3.63, 3.8) is 0 Å². The van der Waals surface area contributed by atoms with Gasteiger partial charge in [0.2, 0.25) is 0 Å². The highest BCUT2D eigenvalue weighted by atomic mass is 15.1. The van der Waals surface area contributed by atoms with E-state index in [1.165, 1.54) is 82.5 Å². The van der Waals surface area contributed by atoms with Gasteiger partial charge in [-0.05, 0) is 113 Å². The van der Waals surface area contributed by atoms with E-state index in [1.54, 1.807) is 0 Å². The molecule has 0 heterocycles. The molecule has 0 aliphatic heterocycles. The van der Waals surface area contributed by atoms with Crippen molar-refractivity contribution >= 4 is 49.4 Å². The molecular formula is C46H35N. The van der Waals surface area contributed by atoms with Crippen molar-refractivity contribution in [1.29, 1.82) is 0 Å². The third-order valence-corrected chi connectivity index (χ3v) is 11.3. The van der Waals surface area contributed by atoms with Crippen LogP contribution in [0.5, 0.6) is 0 Å². The number of nitrogens with zero attached hydrogens (tertiary/aromatic N) is 1. The predicted octanol–water partition coefficient (Wildman–Crippen LogP) is 12.7. The second-order valence-electron chi connectivity index (χ2n) is 14.5. The second kappa shape index (κ2) is 9.11. The van der Waals surface area contributed by atoms with E-state index in [-0.39, 0.29) is 10.8 Å². The lowest BCUT2D eigenvalue weighted by Gasteiger charge is -2.29. The van der Waals surface area contributed by atoms with Gasteiger partial charge in [0, 0.05) is 27.9 Å². The van der Waals surface area contributed by atoms with Gasteiger partial charge in [-0.15, -0.1) is 0 Å². The lowest BCUT2D eigenvalue weighted by molar-refractivity contribution is 0.665. The van der Waals surface area contributed by atoms with Crippen molar-refractivity contribution in [3.05, 3.63) is 162 Å². The molecule has 1 nitrogen and oxygen atoms in total. The maximum absolute atomic E-state index is 2.46. The van der Waals surface area contributed by atoms with Crippen LogP contribution in [0.4, 0.5) is 17.1 Å². The summed E-state index contributed by atoms with van der Waals surface area (Å²) in [5, 5.41) is 8.37. The Bertz CT molecular complexity index is 2510. The summed E-state index contributed by atoms with van der Waals surface area (Å²) < 4.78 is 0. The van der Waals surface area contributed by atoms with E-state index in [9.17, 15) is 0 Å². The van der Waals surface area contributed by atoms with Crippen molar-refractivity contribution in [2.24, 2.45) is 0 Å². The smallest absolute Gasteiger partial charge is 0.0465 e. The largest absolute Gasteiger partial charge is 0.310 e. The van der Waals surface area contributed by atoms with Gasteiger partial charge >= 0.3 is 0 Å². The summed E-state index contributed by atoms with van der Waals surface area (Å²) in [5.74, 6) is 0. The van der Waals surface area contributed by atoms with Crippen molar-refractivity contribution < 1.29 is 0 Å². The summed E-state index contributed by atoms with van der Waals surface area (Å²) in [6, 6.07) is 51.8. The lowest BCUT2D eigenvalue weighted by Crippen LogP contribution is -2.18. The van der Waals surface area contributed by atoms with Crippen molar-refractivity contribution in [2.45, 2.75) is 38.5 Å². The molecule has 0 bridgehead atoms. The molecule has 0 atom stereocenters. The summed E-state index contributed by atoms with van der Waals surface area (Å²) in [6.45, 7) is 9.70. The first-order valence-corrected chi connectivity index (χ1v) is 16.8. The van der Waals surface area contributed by atoms with Crippen molar-refractivity contribution in [3.8, 4) is 22.3 Å². The zero-order valence-corrected chi connectivity index (χ0v) is 27.2. The minimum absolute atomic E-state index is 0.0786. The minimum Gasteiger partial charge on any atom is -0.310 e. The Morgan fingerprint density at radius 1 is 0.383 bits per heavy atom. The van der Waals surface area contributed by atoms with Crippen LogP contribution in [-0.2, 0) is 10.8 Å². The molecule has 2 aliphatic carbocycles. The number of rotatable bonds is 3. The summed E-state index contributed by atoms with van der Waals surface area (Å²) in [5.41, 5.74) is 14.5. The second-order valence-corrected chi connectivity index (χ2v) is 14.5. The maximum Gasteiger partial charge on any atom is 0.0465 e. The highest BCUT2D eigenvalue weighted by molar-refractivity contribution is 6.32. The lowest BCUT2D eigenvalue weighted by atomic mass is 9.75. The van der Waals surface area contributed by atoms with Gasteiger partial charge in [-0.3, -0.25) is 0 Å². The van der Waals surface area contributed by atoms with Crippen LogP contribution in [-0.4, -0.2) is 0 Å². The molecule has 0 spiro atoms. The van der Waals surface area contributed by atoms with Crippen LogP contribution in [0.1, 0.15) is 49.9 Å². The number of fused-ring (bicyclic) bond motifs is 10. The summed E-state index contributed by atoms with van der Waals surface area (Å²) in [7, 11) is 0. The molecule has 1 heteroatoms. The van der Waals surface area contributed by atoms with E-state index < -0.39 is 0 Å². The molecule has 0 saturated heterocycles. The van der Waals surface area contributed by atoms with Crippen molar-refractivity contribution in [2.75, 3.05) is 4.90 Å². The van der Waals surface area contributed by atoms with Crippen LogP contribution >= 0.6 is 0 Å². The number of para-hydroxylation sites is 2. The number of hydrogen-bond donors (Lipinski definition) is 0. The molecule has 0 aromatic heterocycles. The Morgan fingerprint density at radius 3 is 1.45 bits per heavy atom. The fourth-order valence-electron chi connectivity index (χ4n) is 9.40. The summed E-state index contributed by atoms with van der Waals surface area (Å²) >= 11 is 0. The van der Waals surface area contributed by atoms with Crippen molar-refractivity contribution in [1.82, 2.24) is 0 Å². The van der Waals surface area contributed by atoms with E-state index in [4.69, 9.17) is 0 Å². The first-order valence-electron chi connectivity index (χ1n) is 16.8. The van der Waals surface area contributed by atoms with Gasteiger partial charge < -0.3 is 4.90 Å². The van der Waals surface area contributed by atoms with Gasteiger partial charge in [0.15, 0.2) is 0 Å². The van der Waals surface area contributed by atoms with Crippen LogP contribution in [0.15, 0.2) is 140 Å². The van der Waals surface area contributed by atoms with E-state index in [1.807, 2.05) is 0 Å². The van der Waals surface area contributed by atoms with Gasteiger partial charge in [0.1, 0.15) is 0 Å². The summed E-state index contributed by atoms with van der Waals surface area (Å²) in [6.07, 6.45) is 0. The number of anilines is 3. The van der Waals surface area contributed by atoms with Gasteiger partial charge in [0.05, 0.1) is 0 Å². The first kappa shape index (κ1) is 26.8. The molecule has 0 fully saturated rings. The Morgan fingerprint density at radius 2 is 0.851 bits per heavy atom. The van der Waals surface area contributed by atoms with E-state index in [0.717, 1.165) is 11.4 Å². The van der Waals surface area contributed by atoms with Crippen LogP contribution in [0.2, 0.25) is 0 Å². The Hall–Kier alpha value is -5.40. The number of hydrogen-bond acceptors (Lipinski definition) is 1. The fraction of sp³-hybridized carbons (Fsp3) is 0.130. The van der Waals surface area contributed by atoms with E-state index in [2.05, 4.69) is 172 Å². The van der Waals surface area contributed by atoms with Crippen LogP contribution in [0.25, 0.3) is 54.6 Å². The molecule has 47 heavy (non-hydrogen) atoms. The molecular weight excluding hydrogens is 567 g/mol. The fourth-order valence-corrected chi connectivity index (χ4v) is 9.40. The molecule has 224 valence electrons. The van der Waals surface area contributed by atoms with E-state index in [0.29, 0.717) is 0 Å². The van der Waals surface area contributed by atoms with Gasteiger partial charge in [0.25, 0.3) is 0 Å². The highest BCUT2D eigenvalue weighted by Gasteiger charge is 2.42. The third kappa shape index (κ3) is 3.34. The summed E-state index contributed by atoms with van der Waals surface area (Å²) in [4.78, 5) is 2.38. The zero-order chi connectivity index (χ0) is 31.7. The Labute approximate surface area is 276 Å². The molecule has 0 radical (unpaired) electrons. The minimum atomic E-state index is -0.189. The molecule has 8 aromatic carbocycles. The SMILES string of the molecule is CC1(C)c2ccccc2-c2c1c1cccc3c4c(c5cccc2c5c13)-c1ccc(N(c2ccccc2)c2ccccc2)cc1C4(C)C. The zero-order valence-electron chi connectivity index (χ0n) is 27.2. The third-order valence-electron chi connectivity index (χ3n) is 11.3. The number of benzene rings is 8. The van der Waals surface area contributed by atoms with Crippen LogP contribution < -0.4 is 4.90 Å². The maximum atomic E-state index is 2.46. The highest BCUT2D eigenvalue weighted by Crippen LogP contribution is 2.61. The van der Waals surface area contributed by atoms with Gasteiger partial charge in [-0.25, -0.2) is 0 Å². The van der Waals surface area contributed by atoms with E-state index >= 15 is 0 Å². The molecule has 0 saturated carbocycles. The van der Waals surface area contributed by atoms with Crippen LogP contribution in [0.3, 0.4) is 0 Å². The van der Waals surface area contributed by atoms with Crippen LogP contribution in [0, 0.1) is 0 Å². The molecule has 2 aliphatic rings. The monoisotopic (exact) mass is 601 g/mol. The quantitative estimate of drug-likeness (QED) is 0.182. The first-order chi connectivity index (χ1) is 22.9. The Balaban J connectivity index is 1.30. The average Bonchev–Trinajstić information content (AvgIpc) is 3.49.